The SMILES string of the molecule is CC(=O)N[C@@]1(C(=O)O[C@@H]2C[C@H](C)CC[C@H]2C(C)C)C[C@@H]2C=C[C@H]1C2. The molecule has 0 unspecified atom stereocenters. The summed E-state index contributed by atoms with van der Waals surface area (Å²) in [5, 5.41) is 2.97. The van der Waals surface area contributed by atoms with E-state index >= 15 is 0 Å². The van der Waals surface area contributed by atoms with Gasteiger partial charge in [-0.2, -0.15) is 0 Å². The Hall–Kier alpha value is -1.32. The predicted molar refractivity (Wildman–Crippen MR) is 93.1 cm³/mol. The van der Waals surface area contributed by atoms with Crippen molar-refractivity contribution in [2.45, 2.75) is 71.4 Å². The Labute approximate surface area is 145 Å². The summed E-state index contributed by atoms with van der Waals surface area (Å²) in [7, 11) is 0. The van der Waals surface area contributed by atoms with Gasteiger partial charge in [-0.05, 0) is 49.4 Å². The van der Waals surface area contributed by atoms with Gasteiger partial charge < -0.3 is 10.1 Å². The topological polar surface area (TPSA) is 55.4 Å². The molecule has 24 heavy (non-hydrogen) atoms. The van der Waals surface area contributed by atoms with Gasteiger partial charge in [-0.25, -0.2) is 4.79 Å². The van der Waals surface area contributed by atoms with E-state index in [-0.39, 0.29) is 23.9 Å². The molecular formula is C20H31NO3. The summed E-state index contributed by atoms with van der Waals surface area (Å²) in [4.78, 5) is 24.9. The number of hydrogen-bond donors (Lipinski definition) is 1. The lowest BCUT2D eigenvalue weighted by Gasteiger charge is -2.40. The highest BCUT2D eigenvalue weighted by Crippen LogP contribution is 2.47. The lowest BCUT2D eigenvalue weighted by atomic mass is 9.75. The normalized spacial score (nSPS) is 40.8. The first kappa shape index (κ1) is 17.5. The molecule has 2 saturated carbocycles. The molecule has 0 aromatic carbocycles. The van der Waals surface area contributed by atoms with Crippen LogP contribution < -0.4 is 5.32 Å². The fourth-order valence-corrected chi connectivity index (χ4v) is 5.09. The first-order chi connectivity index (χ1) is 11.3. The molecular weight excluding hydrogens is 302 g/mol. The van der Waals surface area contributed by atoms with Gasteiger partial charge in [0.2, 0.25) is 5.91 Å². The van der Waals surface area contributed by atoms with E-state index in [4.69, 9.17) is 4.74 Å². The van der Waals surface area contributed by atoms with E-state index in [2.05, 4.69) is 38.2 Å². The van der Waals surface area contributed by atoms with Crippen LogP contribution in [0.4, 0.5) is 0 Å². The summed E-state index contributed by atoms with van der Waals surface area (Å²) in [6.07, 6.45) is 9.15. The Morgan fingerprint density at radius 1 is 1.21 bits per heavy atom. The molecule has 4 nitrogen and oxygen atoms in total. The molecule has 3 aliphatic carbocycles. The number of allylic oxidation sites excluding steroid dienone is 1. The highest BCUT2D eigenvalue weighted by molar-refractivity contribution is 5.88. The molecule has 0 radical (unpaired) electrons. The van der Waals surface area contributed by atoms with Crippen LogP contribution >= 0.6 is 0 Å². The Morgan fingerprint density at radius 2 is 1.96 bits per heavy atom. The summed E-state index contributed by atoms with van der Waals surface area (Å²) in [5.74, 6) is 1.64. The molecule has 0 heterocycles. The molecule has 0 saturated heterocycles. The van der Waals surface area contributed by atoms with Crippen LogP contribution in [-0.4, -0.2) is 23.5 Å². The maximum absolute atomic E-state index is 13.2. The molecule has 3 aliphatic rings. The standard InChI is InChI=1S/C20H31NO3/c1-12(2)17-8-5-13(3)9-18(17)24-19(23)20(21-14(4)22)11-15-6-7-16(20)10-15/h6-7,12-13,15-18H,5,8-11H2,1-4H3,(H,21,22)/t13-,15-,16+,17+,18-,20+/m1/s1. The van der Waals surface area contributed by atoms with Gasteiger partial charge in [-0.3, -0.25) is 4.79 Å². The smallest absolute Gasteiger partial charge is 0.332 e. The number of esters is 1. The van der Waals surface area contributed by atoms with E-state index in [0.29, 0.717) is 30.1 Å². The van der Waals surface area contributed by atoms with E-state index in [1.165, 1.54) is 13.3 Å². The molecule has 134 valence electrons. The van der Waals surface area contributed by atoms with Crippen molar-refractivity contribution < 1.29 is 14.3 Å². The van der Waals surface area contributed by atoms with Crippen molar-refractivity contribution in [3.63, 3.8) is 0 Å². The van der Waals surface area contributed by atoms with Crippen LogP contribution in [-0.2, 0) is 14.3 Å². The fraction of sp³-hybridized carbons (Fsp3) is 0.800. The first-order valence-electron chi connectivity index (χ1n) is 9.50. The van der Waals surface area contributed by atoms with Gasteiger partial charge in [-0.1, -0.05) is 39.3 Å². The minimum absolute atomic E-state index is 0.0185. The Morgan fingerprint density at radius 3 is 2.50 bits per heavy atom. The number of hydrogen-bond acceptors (Lipinski definition) is 3. The molecule has 3 rings (SSSR count). The summed E-state index contributed by atoms with van der Waals surface area (Å²) >= 11 is 0. The van der Waals surface area contributed by atoms with E-state index in [1.54, 1.807) is 0 Å². The van der Waals surface area contributed by atoms with Crippen molar-refractivity contribution in [1.29, 1.82) is 0 Å². The van der Waals surface area contributed by atoms with Crippen molar-refractivity contribution in [1.82, 2.24) is 5.32 Å². The van der Waals surface area contributed by atoms with E-state index < -0.39 is 5.54 Å². The van der Waals surface area contributed by atoms with Crippen LogP contribution in [0.3, 0.4) is 0 Å². The summed E-state index contributed by atoms with van der Waals surface area (Å²) in [6, 6.07) is 0. The van der Waals surface area contributed by atoms with Crippen LogP contribution in [0.15, 0.2) is 12.2 Å². The van der Waals surface area contributed by atoms with E-state index in [9.17, 15) is 9.59 Å². The second-order valence-electron chi connectivity index (χ2n) is 8.61. The molecule has 0 aliphatic heterocycles. The van der Waals surface area contributed by atoms with Crippen molar-refractivity contribution in [2.24, 2.45) is 29.6 Å². The molecule has 0 aromatic heterocycles. The average molecular weight is 333 g/mol. The van der Waals surface area contributed by atoms with Gasteiger partial charge in [0, 0.05) is 12.8 Å². The monoisotopic (exact) mass is 333 g/mol. The average Bonchev–Trinajstić information content (AvgIpc) is 3.07. The Bertz CT molecular complexity index is 541. The van der Waals surface area contributed by atoms with Crippen molar-refractivity contribution in [2.75, 3.05) is 0 Å². The molecule has 2 bridgehead atoms. The third-order valence-corrected chi connectivity index (χ3v) is 6.37. The lowest BCUT2D eigenvalue weighted by Crippen LogP contribution is -2.58. The van der Waals surface area contributed by atoms with Gasteiger partial charge in [-0.15, -0.1) is 0 Å². The van der Waals surface area contributed by atoms with Gasteiger partial charge in [0.1, 0.15) is 11.6 Å². The highest BCUT2D eigenvalue weighted by atomic mass is 16.5. The number of ether oxygens (including phenoxy) is 1. The molecule has 1 amide bonds. The zero-order valence-corrected chi connectivity index (χ0v) is 15.4. The molecule has 0 spiro atoms. The van der Waals surface area contributed by atoms with Crippen LogP contribution in [0.2, 0.25) is 0 Å². The zero-order valence-electron chi connectivity index (χ0n) is 15.4. The van der Waals surface area contributed by atoms with Crippen molar-refractivity contribution in [3.05, 3.63) is 12.2 Å². The molecule has 2 fully saturated rings. The number of fused-ring (bicyclic) bond motifs is 2. The molecule has 6 atom stereocenters. The van der Waals surface area contributed by atoms with Gasteiger partial charge in [0.25, 0.3) is 0 Å². The van der Waals surface area contributed by atoms with E-state index in [0.717, 1.165) is 19.3 Å². The maximum atomic E-state index is 13.2. The Kier molecular flexibility index (Phi) is 4.76. The lowest BCUT2D eigenvalue weighted by molar-refractivity contribution is -0.166. The van der Waals surface area contributed by atoms with Crippen LogP contribution in [0.25, 0.3) is 0 Å². The number of amides is 1. The fourth-order valence-electron chi connectivity index (χ4n) is 5.09. The minimum Gasteiger partial charge on any atom is -0.460 e. The summed E-state index contributed by atoms with van der Waals surface area (Å²) in [6.45, 7) is 8.16. The third-order valence-electron chi connectivity index (χ3n) is 6.37. The zero-order chi connectivity index (χ0) is 17.5. The second-order valence-corrected chi connectivity index (χ2v) is 8.61. The first-order valence-corrected chi connectivity index (χ1v) is 9.50. The summed E-state index contributed by atoms with van der Waals surface area (Å²) < 4.78 is 6.09. The highest BCUT2D eigenvalue weighted by Gasteiger charge is 2.56. The van der Waals surface area contributed by atoms with Crippen molar-refractivity contribution >= 4 is 11.9 Å². The Balaban J connectivity index is 1.78. The second kappa shape index (κ2) is 6.53. The minimum atomic E-state index is -0.840. The number of rotatable bonds is 4. The number of carbonyl (C=O) groups is 2. The predicted octanol–water partition coefficient (Wildman–Crippen LogP) is 3.46. The van der Waals surface area contributed by atoms with Crippen LogP contribution in [0.5, 0.6) is 0 Å². The van der Waals surface area contributed by atoms with Gasteiger partial charge >= 0.3 is 5.97 Å². The van der Waals surface area contributed by atoms with E-state index in [1.807, 2.05) is 0 Å². The summed E-state index contributed by atoms with van der Waals surface area (Å²) in [5.41, 5.74) is -0.840. The number of nitrogens with one attached hydrogen (secondary N) is 1. The molecule has 4 heteroatoms. The van der Waals surface area contributed by atoms with Gasteiger partial charge in [0.15, 0.2) is 0 Å². The molecule has 0 aromatic rings. The van der Waals surface area contributed by atoms with Gasteiger partial charge in [0.05, 0.1) is 0 Å². The van der Waals surface area contributed by atoms with Crippen LogP contribution in [0.1, 0.15) is 59.8 Å². The number of carbonyl (C=O) groups excluding carboxylic acids is 2. The van der Waals surface area contributed by atoms with Crippen molar-refractivity contribution in [3.8, 4) is 0 Å². The third kappa shape index (κ3) is 3.12. The van der Waals surface area contributed by atoms with Crippen LogP contribution in [0, 0.1) is 29.6 Å². The maximum Gasteiger partial charge on any atom is 0.332 e. The molecule has 1 N–H and O–H groups in total. The quantitative estimate of drug-likeness (QED) is 0.633. The largest absolute Gasteiger partial charge is 0.460 e.